The highest BCUT2D eigenvalue weighted by Gasteiger charge is 2.19. The van der Waals surface area contributed by atoms with E-state index in [4.69, 9.17) is 0 Å². The summed E-state index contributed by atoms with van der Waals surface area (Å²) in [5.41, 5.74) is 1.67. The Kier molecular flexibility index (Phi) is 3.03. The molecule has 2 aromatic carbocycles. The molecule has 0 N–H and O–H groups in total. The third-order valence-electron chi connectivity index (χ3n) is 3.73. The van der Waals surface area contributed by atoms with E-state index in [1.54, 1.807) is 0 Å². The minimum Gasteiger partial charge on any atom is -0.370 e. The third kappa shape index (κ3) is 2.12. The first-order valence-electron chi connectivity index (χ1n) is 6.53. The predicted octanol–water partition coefficient (Wildman–Crippen LogP) is 2.82. The molecule has 0 unspecified atom stereocenters. The summed E-state index contributed by atoms with van der Waals surface area (Å²) in [4.78, 5) is 24.9. The van der Waals surface area contributed by atoms with E-state index in [0.717, 1.165) is 28.3 Å². The lowest BCUT2D eigenvalue weighted by atomic mass is 10.0. The minimum atomic E-state index is 0.310. The van der Waals surface area contributed by atoms with Crippen LogP contribution >= 0.6 is 0 Å². The highest BCUT2D eigenvalue weighted by Crippen LogP contribution is 2.29. The van der Waals surface area contributed by atoms with Gasteiger partial charge in [0.2, 0.25) is 0 Å². The molecule has 3 nitrogen and oxygen atoms in total. The number of carbonyl (C=O) groups is 2. The van der Waals surface area contributed by atoms with E-state index in [0.29, 0.717) is 31.7 Å². The lowest BCUT2D eigenvalue weighted by Crippen LogP contribution is -2.34. The van der Waals surface area contributed by atoms with Crippen molar-refractivity contribution in [3.63, 3.8) is 0 Å². The van der Waals surface area contributed by atoms with Gasteiger partial charge in [0.05, 0.1) is 0 Å². The molecule has 1 aliphatic rings. The second kappa shape index (κ2) is 4.84. The Labute approximate surface area is 111 Å². The maximum absolute atomic E-state index is 11.5. The average Bonchev–Trinajstić information content (AvgIpc) is 2.47. The molecule has 2 aromatic rings. The number of fused-ring (bicyclic) bond motifs is 1. The summed E-state index contributed by atoms with van der Waals surface area (Å²) in [5, 5.41) is 2.05. The Bertz CT molecular complexity index is 638. The number of benzene rings is 2. The molecule has 19 heavy (non-hydrogen) atoms. The largest absolute Gasteiger partial charge is 0.370 e. The van der Waals surface area contributed by atoms with E-state index in [9.17, 15) is 9.59 Å². The third-order valence-corrected chi connectivity index (χ3v) is 3.73. The zero-order valence-corrected chi connectivity index (χ0v) is 10.6. The van der Waals surface area contributed by atoms with Crippen LogP contribution in [0.2, 0.25) is 0 Å². The van der Waals surface area contributed by atoms with Gasteiger partial charge in [-0.1, -0.05) is 30.3 Å². The van der Waals surface area contributed by atoms with Crippen molar-refractivity contribution < 1.29 is 9.59 Å². The van der Waals surface area contributed by atoms with Crippen LogP contribution in [0.15, 0.2) is 36.4 Å². The zero-order valence-electron chi connectivity index (χ0n) is 10.6. The van der Waals surface area contributed by atoms with Crippen molar-refractivity contribution in [3.8, 4) is 0 Å². The zero-order chi connectivity index (χ0) is 13.2. The predicted molar refractivity (Wildman–Crippen MR) is 75.8 cm³/mol. The normalized spacial score (nSPS) is 15.8. The van der Waals surface area contributed by atoms with Crippen molar-refractivity contribution in [2.45, 2.75) is 12.8 Å². The second-order valence-corrected chi connectivity index (χ2v) is 4.86. The number of anilines is 1. The number of hydrogen-bond donors (Lipinski definition) is 0. The number of nitrogens with zero attached hydrogens (tertiary/aromatic N) is 1. The van der Waals surface area contributed by atoms with Crippen LogP contribution in [-0.2, 0) is 4.79 Å². The van der Waals surface area contributed by atoms with Crippen LogP contribution in [0.1, 0.15) is 23.2 Å². The first-order valence-corrected chi connectivity index (χ1v) is 6.53. The van der Waals surface area contributed by atoms with E-state index < -0.39 is 0 Å². The van der Waals surface area contributed by atoms with Gasteiger partial charge in [-0.15, -0.1) is 0 Å². The van der Waals surface area contributed by atoms with E-state index in [2.05, 4.69) is 4.90 Å². The lowest BCUT2D eigenvalue weighted by molar-refractivity contribution is -0.119. The van der Waals surface area contributed by atoms with Gasteiger partial charge in [0, 0.05) is 37.2 Å². The van der Waals surface area contributed by atoms with Crippen LogP contribution in [-0.4, -0.2) is 25.2 Å². The summed E-state index contributed by atoms with van der Waals surface area (Å²) >= 11 is 0. The van der Waals surface area contributed by atoms with Gasteiger partial charge >= 0.3 is 0 Å². The summed E-state index contributed by atoms with van der Waals surface area (Å²) in [6.45, 7) is 1.41. The van der Waals surface area contributed by atoms with Crippen molar-refractivity contribution in [1.82, 2.24) is 0 Å². The summed E-state index contributed by atoms with van der Waals surface area (Å²) in [5.74, 6) is 0.310. The van der Waals surface area contributed by atoms with E-state index in [-0.39, 0.29) is 0 Å². The molecule has 0 amide bonds. The summed E-state index contributed by atoms with van der Waals surface area (Å²) in [7, 11) is 0. The number of ketones is 1. The van der Waals surface area contributed by atoms with Crippen LogP contribution in [0.5, 0.6) is 0 Å². The standard InChI is InChI=1S/C16H15NO2/c18-11-15-14-4-2-1-3-12(14)5-6-16(15)17-9-7-13(19)8-10-17/h1-6,11H,7-10H2. The first kappa shape index (κ1) is 11.9. The molecule has 0 bridgehead atoms. The van der Waals surface area contributed by atoms with E-state index in [1.165, 1.54) is 0 Å². The second-order valence-electron chi connectivity index (χ2n) is 4.86. The molecular formula is C16H15NO2. The lowest BCUT2D eigenvalue weighted by Gasteiger charge is -2.29. The Hall–Kier alpha value is -2.16. The Balaban J connectivity index is 2.08. The van der Waals surface area contributed by atoms with Gasteiger partial charge in [-0.25, -0.2) is 0 Å². The van der Waals surface area contributed by atoms with Crippen molar-refractivity contribution in [1.29, 1.82) is 0 Å². The number of hydrogen-bond acceptors (Lipinski definition) is 3. The fourth-order valence-electron chi connectivity index (χ4n) is 2.68. The van der Waals surface area contributed by atoms with Crippen LogP contribution < -0.4 is 4.90 Å². The number of aldehydes is 1. The fraction of sp³-hybridized carbons (Fsp3) is 0.250. The van der Waals surface area contributed by atoms with Gasteiger partial charge in [0.1, 0.15) is 5.78 Å². The maximum atomic E-state index is 11.5. The highest BCUT2D eigenvalue weighted by atomic mass is 16.1. The van der Waals surface area contributed by atoms with Crippen LogP contribution in [0, 0.1) is 0 Å². The van der Waals surface area contributed by atoms with Crippen LogP contribution in [0.3, 0.4) is 0 Å². The molecule has 1 saturated heterocycles. The van der Waals surface area contributed by atoms with Gasteiger partial charge in [-0.3, -0.25) is 9.59 Å². The van der Waals surface area contributed by atoms with Crippen LogP contribution in [0.25, 0.3) is 10.8 Å². The average molecular weight is 253 g/mol. The monoisotopic (exact) mass is 253 g/mol. The van der Waals surface area contributed by atoms with E-state index in [1.807, 2.05) is 36.4 Å². The van der Waals surface area contributed by atoms with Gasteiger partial charge in [-0.2, -0.15) is 0 Å². The highest BCUT2D eigenvalue weighted by molar-refractivity contribution is 6.03. The molecular weight excluding hydrogens is 238 g/mol. The molecule has 0 aliphatic carbocycles. The topological polar surface area (TPSA) is 37.4 Å². The Morgan fingerprint density at radius 2 is 1.74 bits per heavy atom. The molecule has 0 aromatic heterocycles. The van der Waals surface area contributed by atoms with Crippen molar-refractivity contribution in [2.24, 2.45) is 0 Å². The van der Waals surface area contributed by atoms with Crippen molar-refractivity contribution in [2.75, 3.05) is 18.0 Å². The molecule has 0 spiro atoms. The molecule has 0 saturated carbocycles. The summed E-state index contributed by atoms with van der Waals surface area (Å²) < 4.78 is 0. The molecule has 0 atom stereocenters. The number of Topliss-reactive ketones (excluding diaryl/α,β-unsaturated/α-hetero) is 1. The van der Waals surface area contributed by atoms with E-state index >= 15 is 0 Å². The van der Waals surface area contributed by atoms with Gasteiger partial charge in [-0.05, 0) is 16.8 Å². The molecule has 1 heterocycles. The quantitative estimate of drug-likeness (QED) is 0.772. The molecule has 1 fully saturated rings. The minimum absolute atomic E-state index is 0.310. The van der Waals surface area contributed by atoms with Crippen molar-refractivity contribution in [3.05, 3.63) is 42.0 Å². The number of piperidine rings is 1. The Morgan fingerprint density at radius 3 is 2.47 bits per heavy atom. The molecule has 96 valence electrons. The molecule has 1 aliphatic heterocycles. The number of carbonyl (C=O) groups excluding carboxylic acids is 2. The maximum Gasteiger partial charge on any atom is 0.152 e. The molecule has 3 heteroatoms. The molecule has 0 radical (unpaired) electrons. The first-order chi connectivity index (χ1) is 9.29. The van der Waals surface area contributed by atoms with Gasteiger partial charge in [0.15, 0.2) is 6.29 Å². The summed E-state index contributed by atoms with van der Waals surface area (Å²) in [6.07, 6.45) is 2.07. The fourth-order valence-corrected chi connectivity index (χ4v) is 2.68. The Morgan fingerprint density at radius 1 is 1.00 bits per heavy atom. The van der Waals surface area contributed by atoms with Gasteiger partial charge in [0.25, 0.3) is 0 Å². The van der Waals surface area contributed by atoms with Crippen molar-refractivity contribution >= 4 is 28.5 Å². The smallest absolute Gasteiger partial charge is 0.152 e. The van der Waals surface area contributed by atoms with Crippen LogP contribution in [0.4, 0.5) is 5.69 Å². The SMILES string of the molecule is O=Cc1c(N2CCC(=O)CC2)ccc2ccccc12. The molecule has 3 rings (SSSR count). The summed E-state index contributed by atoms with van der Waals surface area (Å²) in [6, 6.07) is 11.9. The number of rotatable bonds is 2. The van der Waals surface area contributed by atoms with Gasteiger partial charge < -0.3 is 4.90 Å².